The van der Waals surface area contributed by atoms with Crippen LogP contribution in [0.2, 0.25) is 5.02 Å². The summed E-state index contributed by atoms with van der Waals surface area (Å²) in [6.07, 6.45) is 0. The first-order valence-corrected chi connectivity index (χ1v) is 6.74. The summed E-state index contributed by atoms with van der Waals surface area (Å²) in [4.78, 5) is 2.05. The Morgan fingerprint density at radius 3 is 2.50 bits per heavy atom. The van der Waals surface area contributed by atoms with E-state index in [0.717, 1.165) is 9.79 Å². The number of hydrogen-bond donors (Lipinski definition) is 0. The maximum absolute atomic E-state index is 9.09. The predicted molar refractivity (Wildman–Crippen MR) is 76.2 cm³/mol. The van der Waals surface area contributed by atoms with Crippen molar-refractivity contribution in [2.75, 3.05) is 0 Å². The van der Waals surface area contributed by atoms with Crippen LogP contribution in [-0.4, -0.2) is 0 Å². The highest BCUT2D eigenvalue weighted by atomic mass is 35.5. The molecule has 3 heteroatoms. The van der Waals surface area contributed by atoms with E-state index < -0.39 is 0 Å². The van der Waals surface area contributed by atoms with Gasteiger partial charge in [-0.2, -0.15) is 5.26 Å². The minimum Gasteiger partial charge on any atom is -0.192 e. The van der Waals surface area contributed by atoms with Gasteiger partial charge in [-0.15, -0.1) is 0 Å². The van der Waals surface area contributed by atoms with Gasteiger partial charge in [0.2, 0.25) is 0 Å². The maximum Gasteiger partial charge on any atom is 0.100 e. The minimum absolute atomic E-state index is 0.654. The van der Waals surface area contributed by atoms with Gasteiger partial charge in [0.1, 0.15) is 6.07 Å². The molecule has 1 nitrogen and oxygen atoms in total. The highest BCUT2D eigenvalue weighted by Crippen LogP contribution is 2.34. The Balaban J connectivity index is 2.40. The van der Waals surface area contributed by atoms with Crippen LogP contribution in [0.15, 0.2) is 46.2 Å². The monoisotopic (exact) mass is 273 g/mol. The van der Waals surface area contributed by atoms with Gasteiger partial charge in [-0.1, -0.05) is 41.1 Å². The smallest absolute Gasteiger partial charge is 0.100 e. The van der Waals surface area contributed by atoms with Crippen LogP contribution in [-0.2, 0) is 0 Å². The Morgan fingerprint density at radius 1 is 1.06 bits per heavy atom. The van der Waals surface area contributed by atoms with Gasteiger partial charge in [0, 0.05) is 14.8 Å². The second kappa shape index (κ2) is 5.48. The quantitative estimate of drug-likeness (QED) is 0.770. The van der Waals surface area contributed by atoms with Crippen LogP contribution in [0, 0.1) is 25.2 Å². The molecule has 0 unspecified atom stereocenters. The minimum atomic E-state index is 0.654. The van der Waals surface area contributed by atoms with Crippen molar-refractivity contribution in [2.45, 2.75) is 23.6 Å². The molecule has 2 aromatic rings. The molecule has 2 aromatic carbocycles. The Bertz CT molecular complexity index is 629. The van der Waals surface area contributed by atoms with Crippen LogP contribution in [0.1, 0.15) is 16.7 Å². The second-order valence-corrected chi connectivity index (χ2v) is 5.64. The lowest BCUT2D eigenvalue weighted by Crippen LogP contribution is -1.85. The van der Waals surface area contributed by atoms with E-state index in [-0.39, 0.29) is 0 Å². The SMILES string of the molecule is Cc1ccc(Sc2cc(Cl)ccc2C#N)c(C)c1. The van der Waals surface area contributed by atoms with Crippen molar-refractivity contribution in [1.82, 2.24) is 0 Å². The topological polar surface area (TPSA) is 23.8 Å². The van der Waals surface area contributed by atoms with Gasteiger partial charge in [0.05, 0.1) is 5.56 Å². The van der Waals surface area contributed by atoms with Crippen LogP contribution in [0.5, 0.6) is 0 Å². The third kappa shape index (κ3) is 2.87. The molecule has 0 N–H and O–H groups in total. The molecule has 0 radical (unpaired) electrons. The molecule has 0 amide bonds. The Morgan fingerprint density at radius 2 is 1.83 bits per heavy atom. The fraction of sp³-hybridized carbons (Fsp3) is 0.133. The summed E-state index contributed by atoms with van der Waals surface area (Å²) in [6.45, 7) is 4.15. The summed E-state index contributed by atoms with van der Waals surface area (Å²) < 4.78 is 0. The highest BCUT2D eigenvalue weighted by molar-refractivity contribution is 7.99. The zero-order valence-electron chi connectivity index (χ0n) is 10.2. The third-order valence-corrected chi connectivity index (χ3v) is 4.09. The standard InChI is InChI=1S/C15H12ClNS/c1-10-3-6-14(11(2)7-10)18-15-8-13(16)5-4-12(15)9-17/h3-8H,1-2H3. The summed E-state index contributed by atoms with van der Waals surface area (Å²) in [5, 5.41) is 9.75. The number of nitrogens with zero attached hydrogens (tertiary/aromatic N) is 1. The molecule has 2 rings (SSSR count). The molecule has 0 atom stereocenters. The molecule has 18 heavy (non-hydrogen) atoms. The number of nitriles is 1. The van der Waals surface area contributed by atoms with E-state index in [1.807, 2.05) is 6.07 Å². The van der Waals surface area contributed by atoms with Crippen molar-refractivity contribution >= 4 is 23.4 Å². The van der Waals surface area contributed by atoms with Gasteiger partial charge < -0.3 is 0 Å². The average molecular weight is 274 g/mol. The van der Waals surface area contributed by atoms with Gasteiger partial charge >= 0.3 is 0 Å². The summed E-state index contributed by atoms with van der Waals surface area (Å²) in [5.41, 5.74) is 3.11. The Hall–Kier alpha value is -1.43. The first-order valence-electron chi connectivity index (χ1n) is 5.55. The van der Waals surface area contributed by atoms with Crippen LogP contribution < -0.4 is 0 Å². The number of aryl methyl sites for hydroxylation is 2. The van der Waals surface area contributed by atoms with Crippen molar-refractivity contribution < 1.29 is 0 Å². The molecule has 0 fully saturated rings. The van der Waals surface area contributed by atoms with E-state index >= 15 is 0 Å². The van der Waals surface area contributed by atoms with Crippen LogP contribution in [0.3, 0.4) is 0 Å². The lowest BCUT2D eigenvalue weighted by atomic mass is 10.2. The summed E-state index contributed by atoms with van der Waals surface area (Å²) >= 11 is 7.56. The first kappa shape index (κ1) is 13.0. The van der Waals surface area contributed by atoms with E-state index in [1.54, 1.807) is 23.9 Å². The van der Waals surface area contributed by atoms with Crippen molar-refractivity contribution in [1.29, 1.82) is 5.26 Å². The molecule has 0 spiro atoms. The average Bonchev–Trinajstić information content (AvgIpc) is 2.33. The number of benzene rings is 2. The van der Waals surface area contributed by atoms with Crippen molar-refractivity contribution in [3.63, 3.8) is 0 Å². The largest absolute Gasteiger partial charge is 0.192 e. The molecule has 0 aliphatic carbocycles. The molecule has 0 saturated heterocycles. The van der Waals surface area contributed by atoms with Gasteiger partial charge in [-0.3, -0.25) is 0 Å². The molecule has 0 heterocycles. The van der Waals surface area contributed by atoms with Crippen LogP contribution in [0.25, 0.3) is 0 Å². The fourth-order valence-electron chi connectivity index (χ4n) is 1.71. The van der Waals surface area contributed by atoms with Gasteiger partial charge in [-0.05, 0) is 43.7 Å². The highest BCUT2D eigenvalue weighted by Gasteiger charge is 2.07. The second-order valence-electron chi connectivity index (χ2n) is 4.12. The summed E-state index contributed by atoms with van der Waals surface area (Å²) in [6, 6.07) is 13.8. The summed E-state index contributed by atoms with van der Waals surface area (Å²) in [5.74, 6) is 0. The molecular formula is C15H12ClNS. The van der Waals surface area contributed by atoms with Crippen LogP contribution >= 0.6 is 23.4 Å². The molecule has 0 aromatic heterocycles. The van der Waals surface area contributed by atoms with E-state index in [9.17, 15) is 0 Å². The fourth-order valence-corrected chi connectivity index (χ4v) is 2.94. The van der Waals surface area contributed by atoms with Gasteiger partial charge in [-0.25, -0.2) is 0 Å². The molecule has 0 aliphatic heterocycles. The normalized spacial score (nSPS) is 10.1. The third-order valence-electron chi connectivity index (χ3n) is 2.61. The van der Waals surface area contributed by atoms with E-state index in [1.165, 1.54) is 11.1 Å². The van der Waals surface area contributed by atoms with E-state index in [2.05, 4.69) is 38.1 Å². The van der Waals surface area contributed by atoms with Crippen molar-refractivity contribution in [3.8, 4) is 6.07 Å². The van der Waals surface area contributed by atoms with E-state index in [4.69, 9.17) is 16.9 Å². The lowest BCUT2D eigenvalue weighted by molar-refractivity contribution is 1.25. The predicted octanol–water partition coefficient (Wildman–Crippen LogP) is 4.98. The number of halogens is 1. The molecule has 0 bridgehead atoms. The molecular weight excluding hydrogens is 262 g/mol. The Labute approximate surface area is 116 Å². The zero-order valence-corrected chi connectivity index (χ0v) is 11.8. The number of hydrogen-bond acceptors (Lipinski definition) is 2. The summed E-state index contributed by atoms with van der Waals surface area (Å²) in [7, 11) is 0. The zero-order chi connectivity index (χ0) is 13.1. The maximum atomic E-state index is 9.09. The molecule has 0 aliphatic rings. The van der Waals surface area contributed by atoms with Gasteiger partial charge in [0.15, 0.2) is 0 Å². The van der Waals surface area contributed by atoms with Crippen molar-refractivity contribution in [3.05, 3.63) is 58.1 Å². The first-order chi connectivity index (χ1) is 8.60. The lowest BCUT2D eigenvalue weighted by Gasteiger charge is -2.08. The number of rotatable bonds is 2. The van der Waals surface area contributed by atoms with E-state index in [0.29, 0.717) is 10.6 Å². The van der Waals surface area contributed by atoms with Crippen molar-refractivity contribution in [2.24, 2.45) is 0 Å². The molecule has 0 saturated carbocycles. The Kier molecular flexibility index (Phi) is 3.96. The molecule has 90 valence electrons. The van der Waals surface area contributed by atoms with Crippen LogP contribution in [0.4, 0.5) is 0 Å². The van der Waals surface area contributed by atoms with Gasteiger partial charge in [0.25, 0.3) is 0 Å².